The Labute approximate surface area is 125 Å². The van der Waals surface area contributed by atoms with Crippen molar-refractivity contribution in [1.82, 2.24) is 4.90 Å². The van der Waals surface area contributed by atoms with Crippen LogP contribution in [0.5, 0.6) is 5.75 Å². The highest BCUT2D eigenvalue weighted by Gasteiger charge is 2.34. The van der Waals surface area contributed by atoms with E-state index >= 15 is 0 Å². The minimum absolute atomic E-state index is 0.0132. The van der Waals surface area contributed by atoms with Gasteiger partial charge in [0.25, 0.3) is 0 Å². The number of anilines is 2. The van der Waals surface area contributed by atoms with Crippen LogP contribution in [0.3, 0.4) is 0 Å². The van der Waals surface area contributed by atoms with Gasteiger partial charge in [0, 0.05) is 12.2 Å². The largest absolute Gasteiger partial charge is 0.495 e. The number of benzene rings is 1. The Balaban J connectivity index is 1.93. The van der Waals surface area contributed by atoms with E-state index in [0.29, 0.717) is 11.4 Å². The highest BCUT2D eigenvalue weighted by molar-refractivity contribution is 5.99. The smallest absolute Gasteiger partial charge is 0.244 e. The van der Waals surface area contributed by atoms with Crippen LogP contribution in [-0.2, 0) is 11.2 Å². The average molecular weight is 289 g/mol. The van der Waals surface area contributed by atoms with Gasteiger partial charge in [0.15, 0.2) is 0 Å². The second kappa shape index (κ2) is 5.56. The lowest BCUT2D eigenvalue weighted by Gasteiger charge is -2.33. The van der Waals surface area contributed by atoms with Gasteiger partial charge in [-0.2, -0.15) is 0 Å². The summed E-state index contributed by atoms with van der Waals surface area (Å²) < 4.78 is 5.29. The van der Waals surface area contributed by atoms with Crippen molar-refractivity contribution < 1.29 is 9.53 Å². The van der Waals surface area contributed by atoms with Crippen LogP contribution in [-0.4, -0.2) is 44.1 Å². The first kappa shape index (κ1) is 14.2. The predicted molar refractivity (Wildman–Crippen MR) is 83.7 cm³/mol. The molecule has 1 aromatic rings. The molecule has 21 heavy (non-hydrogen) atoms. The van der Waals surface area contributed by atoms with Crippen molar-refractivity contribution >= 4 is 17.3 Å². The monoisotopic (exact) mass is 289 g/mol. The van der Waals surface area contributed by atoms with E-state index in [4.69, 9.17) is 10.5 Å². The molecule has 1 aromatic carbocycles. The van der Waals surface area contributed by atoms with Gasteiger partial charge in [0.2, 0.25) is 5.91 Å². The van der Waals surface area contributed by atoms with Crippen LogP contribution in [0, 0.1) is 0 Å². The molecule has 0 spiro atoms. The maximum absolute atomic E-state index is 12.9. The topological polar surface area (TPSA) is 58.8 Å². The van der Waals surface area contributed by atoms with Crippen molar-refractivity contribution in [2.75, 3.05) is 37.9 Å². The summed E-state index contributed by atoms with van der Waals surface area (Å²) >= 11 is 0. The summed E-state index contributed by atoms with van der Waals surface area (Å²) in [6.45, 7) is 1.78. The molecule has 3 rings (SSSR count). The molecular formula is C16H23N3O2. The first-order chi connectivity index (χ1) is 10.1. The molecule has 2 aliphatic rings. The molecule has 0 aromatic heterocycles. The number of nitrogens with two attached hydrogens (primary N) is 1. The summed E-state index contributed by atoms with van der Waals surface area (Å²) in [6.07, 6.45) is 4.00. The van der Waals surface area contributed by atoms with Crippen molar-refractivity contribution in [3.05, 3.63) is 17.7 Å². The van der Waals surface area contributed by atoms with Crippen LogP contribution in [0.4, 0.5) is 11.4 Å². The third-order valence-electron chi connectivity index (χ3n) is 4.62. The fourth-order valence-electron chi connectivity index (χ4n) is 3.43. The van der Waals surface area contributed by atoms with Crippen LogP contribution < -0.4 is 15.4 Å². The molecule has 0 bridgehead atoms. The quantitative estimate of drug-likeness (QED) is 0.841. The minimum Gasteiger partial charge on any atom is -0.495 e. The fraction of sp³-hybridized carbons (Fsp3) is 0.562. The normalized spacial score (nSPS) is 22.2. The number of carbonyl (C=O) groups excluding carboxylic acids is 1. The minimum atomic E-state index is 0.0132. The van der Waals surface area contributed by atoms with Gasteiger partial charge in [0.1, 0.15) is 5.75 Å². The number of carbonyl (C=O) groups is 1. The summed E-state index contributed by atoms with van der Waals surface area (Å²) in [5.41, 5.74) is 8.73. The molecule has 1 saturated heterocycles. The van der Waals surface area contributed by atoms with Gasteiger partial charge < -0.3 is 15.4 Å². The van der Waals surface area contributed by atoms with Crippen molar-refractivity contribution in [3.63, 3.8) is 0 Å². The Morgan fingerprint density at radius 3 is 2.81 bits per heavy atom. The standard InChI is InChI=1S/C16H23N3O2/c1-18-7-4-6-13(18)16(20)19-8-3-5-11-9-15(21-2)12(17)10-14(11)19/h9-10,13H,3-8,17H2,1-2H3. The Hall–Kier alpha value is -1.75. The second-order valence-electron chi connectivity index (χ2n) is 5.95. The van der Waals surface area contributed by atoms with Gasteiger partial charge in [0.05, 0.1) is 18.8 Å². The fourth-order valence-corrected chi connectivity index (χ4v) is 3.43. The molecule has 1 amide bonds. The number of nitrogens with zero attached hydrogens (tertiary/aromatic N) is 2. The van der Waals surface area contributed by atoms with Gasteiger partial charge in [-0.15, -0.1) is 0 Å². The first-order valence-electron chi connectivity index (χ1n) is 7.60. The summed E-state index contributed by atoms with van der Waals surface area (Å²) in [4.78, 5) is 16.9. The number of hydrogen-bond acceptors (Lipinski definition) is 4. The van der Waals surface area contributed by atoms with Crippen molar-refractivity contribution in [2.45, 2.75) is 31.7 Å². The van der Waals surface area contributed by atoms with Crippen LogP contribution in [0.25, 0.3) is 0 Å². The molecule has 2 heterocycles. The number of methoxy groups -OCH3 is 1. The predicted octanol–water partition coefficient (Wildman–Crippen LogP) is 1.65. The molecule has 2 aliphatic heterocycles. The van der Waals surface area contributed by atoms with E-state index < -0.39 is 0 Å². The lowest BCUT2D eigenvalue weighted by atomic mass is 9.99. The zero-order valence-electron chi connectivity index (χ0n) is 12.8. The Morgan fingerprint density at radius 1 is 1.33 bits per heavy atom. The van der Waals surface area contributed by atoms with Gasteiger partial charge >= 0.3 is 0 Å². The first-order valence-corrected chi connectivity index (χ1v) is 7.60. The Kier molecular flexibility index (Phi) is 3.76. The molecule has 114 valence electrons. The molecule has 5 heteroatoms. The number of likely N-dealkylation sites (N-methyl/N-ethyl adjacent to an activating group) is 1. The van der Waals surface area contributed by atoms with Gasteiger partial charge in [-0.05, 0) is 57.0 Å². The average Bonchev–Trinajstić information content (AvgIpc) is 2.91. The summed E-state index contributed by atoms with van der Waals surface area (Å²) in [5, 5.41) is 0. The van der Waals surface area contributed by atoms with E-state index in [1.165, 1.54) is 0 Å². The Bertz CT molecular complexity index is 559. The molecular weight excluding hydrogens is 266 g/mol. The van der Waals surface area contributed by atoms with Crippen molar-refractivity contribution in [2.24, 2.45) is 0 Å². The van der Waals surface area contributed by atoms with Gasteiger partial charge in [-0.1, -0.05) is 0 Å². The number of likely N-dealkylation sites (tertiary alicyclic amines) is 1. The summed E-state index contributed by atoms with van der Waals surface area (Å²) in [6, 6.07) is 3.88. The molecule has 5 nitrogen and oxygen atoms in total. The van der Waals surface area contributed by atoms with Gasteiger partial charge in [-0.25, -0.2) is 0 Å². The maximum Gasteiger partial charge on any atom is 0.244 e. The van der Waals surface area contributed by atoms with E-state index in [2.05, 4.69) is 4.90 Å². The molecule has 1 unspecified atom stereocenters. The van der Waals surface area contributed by atoms with E-state index in [1.807, 2.05) is 24.1 Å². The van der Waals surface area contributed by atoms with Crippen LogP contribution in [0.2, 0.25) is 0 Å². The summed E-state index contributed by atoms with van der Waals surface area (Å²) in [5.74, 6) is 0.904. The van der Waals surface area contributed by atoms with Gasteiger partial charge in [-0.3, -0.25) is 9.69 Å². The molecule has 2 N–H and O–H groups in total. The van der Waals surface area contributed by atoms with Crippen LogP contribution in [0.1, 0.15) is 24.8 Å². The van der Waals surface area contributed by atoms with Crippen LogP contribution in [0.15, 0.2) is 12.1 Å². The maximum atomic E-state index is 12.9. The molecule has 1 atom stereocenters. The highest BCUT2D eigenvalue weighted by atomic mass is 16.5. The number of nitrogen functional groups attached to an aromatic ring is 1. The van der Waals surface area contributed by atoms with Crippen LogP contribution >= 0.6 is 0 Å². The molecule has 1 fully saturated rings. The second-order valence-corrected chi connectivity index (χ2v) is 5.95. The number of hydrogen-bond donors (Lipinski definition) is 1. The summed E-state index contributed by atoms with van der Waals surface area (Å²) in [7, 11) is 3.65. The van der Waals surface area contributed by atoms with E-state index in [1.54, 1.807) is 7.11 Å². The number of fused-ring (bicyclic) bond motifs is 1. The van der Waals surface area contributed by atoms with E-state index in [9.17, 15) is 4.79 Å². The van der Waals surface area contributed by atoms with E-state index in [-0.39, 0.29) is 11.9 Å². The van der Waals surface area contributed by atoms with E-state index in [0.717, 1.165) is 50.0 Å². The Morgan fingerprint density at radius 2 is 2.14 bits per heavy atom. The lowest BCUT2D eigenvalue weighted by Crippen LogP contribution is -2.46. The molecule has 0 radical (unpaired) electrons. The highest BCUT2D eigenvalue weighted by Crippen LogP contribution is 2.36. The number of amides is 1. The molecule has 0 saturated carbocycles. The number of rotatable bonds is 2. The zero-order chi connectivity index (χ0) is 15.0. The molecule has 0 aliphatic carbocycles. The third-order valence-corrected chi connectivity index (χ3v) is 4.62. The zero-order valence-corrected chi connectivity index (χ0v) is 12.8. The third kappa shape index (κ3) is 2.46. The van der Waals surface area contributed by atoms with Crippen molar-refractivity contribution in [3.8, 4) is 5.75 Å². The lowest BCUT2D eigenvalue weighted by molar-refractivity contribution is -0.122. The van der Waals surface area contributed by atoms with Crippen molar-refractivity contribution in [1.29, 1.82) is 0 Å². The number of aryl methyl sites for hydroxylation is 1. The number of ether oxygens (including phenoxy) is 1. The SMILES string of the molecule is COc1cc2c(cc1N)N(C(=O)C1CCCN1C)CCC2.